The molecule has 0 saturated heterocycles. The van der Waals surface area contributed by atoms with Gasteiger partial charge in [0.15, 0.2) is 5.75 Å². The summed E-state index contributed by atoms with van der Waals surface area (Å²) >= 11 is 0. The summed E-state index contributed by atoms with van der Waals surface area (Å²) in [5.74, 6) is 0.487. The first-order valence-corrected chi connectivity index (χ1v) is 5.96. The second-order valence-corrected chi connectivity index (χ2v) is 3.72. The quantitative estimate of drug-likeness (QED) is 0.357. The number of hydrogen-bond donors (Lipinski definition) is 0. The monoisotopic (exact) mass is 258 g/mol. The molecular weight excluding hydrogens is 244 g/mol. The van der Waals surface area contributed by atoms with Crippen molar-refractivity contribution >= 4 is 5.97 Å². The molecule has 0 saturated carbocycles. The van der Waals surface area contributed by atoms with Crippen LogP contribution in [0.5, 0.6) is 11.5 Å². The smallest absolute Gasteiger partial charge is 0.343 e. The molecule has 0 fully saturated rings. The standard InChI is InChI=1S/C15H14O4/c1-2-17-19-14-10-6-9-13(11-14)18-15(16)12-7-4-3-5-8-12/h3-11H,2H2,1H3. The molecule has 0 amide bonds. The number of hydrogen-bond acceptors (Lipinski definition) is 4. The zero-order valence-electron chi connectivity index (χ0n) is 10.5. The van der Waals surface area contributed by atoms with Gasteiger partial charge < -0.3 is 9.62 Å². The highest BCUT2D eigenvalue weighted by Crippen LogP contribution is 2.20. The van der Waals surface area contributed by atoms with E-state index in [1.807, 2.05) is 13.0 Å². The summed E-state index contributed by atoms with van der Waals surface area (Å²) in [6, 6.07) is 15.5. The Labute approximate surface area is 111 Å². The van der Waals surface area contributed by atoms with E-state index >= 15 is 0 Å². The van der Waals surface area contributed by atoms with E-state index in [9.17, 15) is 4.79 Å². The fourth-order valence-electron chi connectivity index (χ4n) is 1.46. The van der Waals surface area contributed by atoms with Crippen molar-refractivity contribution in [2.45, 2.75) is 6.92 Å². The van der Waals surface area contributed by atoms with Crippen molar-refractivity contribution < 1.29 is 19.3 Å². The van der Waals surface area contributed by atoms with Crippen LogP contribution in [0.2, 0.25) is 0 Å². The Hall–Kier alpha value is -2.33. The normalized spacial score (nSPS) is 9.95. The average Bonchev–Trinajstić information content (AvgIpc) is 2.46. The number of esters is 1. The number of carbonyl (C=O) groups excluding carboxylic acids is 1. The van der Waals surface area contributed by atoms with E-state index in [-0.39, 0.29) is 0 Å². The maximum absolute atomic E-state index is 11.8. The van der Waals surface area contributed by atoms with E-state index in [0.29, 0.717) is 23.7 Å². The summed E-state index contributed by atoms with van der Waals surface area (Å²) < 4.78 is 5.25. The Kier molecular flexibility index (Phi) is 4.53. The second kappa shape index (κ2) is 6.56. The molecule has 0 spiro atoms. The third kappa shape index (κ3) is 3.82. The summed E-state index contributed by atoms with van der Waals surface area (Å²) in [7, 11) is 0. The molecule has 0 unspecified atom stereocenters. The predicted molar refractivity (Wildman–Crippen MR) is 70.1 cm³/mol. The van der Waals surface area contributed by atoms with Gasteiger partial charge in [-0.1, -0.05) is 24.3 Å². The van der Waals surface area contributed by atoms with Gasteiger partial charge in [-0.2, -0.15) is 4.89 Å². The molecule has 4 heteroatoms. The Morgan fingerprint density at radius 2 is 1.74 bits per heavy atom. The fraction of sp³-hybridized carbons (Fsp3) is 0.133. The van der Waals surface area contributed by atoms with Gasteiger partial charge in [0.2, 0.25) is 0 Å². The van der Waals surface area contributed by atoms with Crippen molar-refractivity contribution in [1.29, 1.82) is 0 Å². The highest BCUT2D eigenvalue weighted by Gasteiger charge is 2.08. The lowest BCUT2D eigenvalue weighted by atomic mass is 10.2. The third-order valence-electron chi connectivity index (χ3n) is 2.30. The average molecular weight is 258 g/mol. The third-order valence-corrected chi connectivity index (χ3v) is 2.30. The van der Waals surface area contributed by atoms with Crippen LogP contribution in [-0.4, -0.2) is 12.6 Å². The van der Waals surface area contributed by atoms with Gasteiger partial charge >= 0.3 is 5.97 Å². The summed E-state index contributed by atoms with van der Waals surface area (Å²) in [5, 5.41) is 0. The van der Waals surface area contributed by atoms with Crippen molar-refractivity contribution in [1.82, 2.24) is 0 Å². The fourth-order valence-corrected chi connectivity index (χ4v) is 1.46. The van der Waals surface area contributed by atoms with Gasteiger partial charge in [0.05, 0.1) is 12.2 Å². The SMILES string of the molecule is CCOOc1cccc(OC(=O)c2ccccc2)c1. The van der Waals surface area contributed by atoms with Gasteiger partial charge in [0.1, 0.15) is 5.75 Å². The van der Waals surface area contributed by atoms with Gasteiger partial charge in [-0.05, 0) is 31.2 Å². The minimum Gasteiger partial charge on any atom is -0.423 e. The zero-order valence-corrected chi connectivity index (χ0v) is 10.5. The van der Waals surface area contributed by atoms with Gasteiger partial charge in [-0.15, -0.1) is 0 Å². The summed E-state index contributed by atoms with van der Waals surface area (Å²) in [6.45, 7) is 2.26. The Morgan fingerprint density at radius 3 is 2.47 bits per heavy atom. The first-order chi connectivity index (χ1) is 9.29. The molecule has 0 radical (unpaired) electrons. The molecule has 0 atom stereocenters. The van der Waals surface area contributed by atoms with Crippen molar-refractivity contribution in [3.63, 3.8) is 0 Å². The number of ether oxygens (including phenoxy) is 1. The van der Waals surface area contributed by atoms with Gasteiger partial charge in [0, 0.05) is 6.07 Å². The summed E-state index contributed by atoms with van der Waals surface area (Å²) in [5.41, 5.74) is 0.499. The molecule has 0 bridgehead atoms. The molecule has 0 aliphatic heterocycles. The van der Waals surface area contributed by atoms with E-state index in [4.69, 9.17) is 14.5 Å². The molecule has 0 aromatic heterocycles. The number of benzene rings is 2. The molecule has 0 aliphatic rings. The van der Waals surface area contributed by atoms with Crippen LogP contribution in [0.25, 0.3) is 0 Å². The van der Waals surface area contributed by atoms with Crippen molar-refractivity contribution in [3.05, 3.63) is 60.2 Å². The maximum atomic E-state index is 11.8. The minimum absolute atomic E-state index is 0.408. The number of rotatable bonds is 5. The molecule has 0 N–H and O–H groups in total. The zero-order chi connectivity index (χ0) is 13.5. The molecule has 19 heavy (non-hydrogen) atoms. The van der Waals surface area contributed by atoms with Crippen LogP contribution in [0, 0.1) is 0 Å². The van der Waals surface area contributed by atoms with E-state index in [2.05, 4.69) is 0 Å². The van der Waals surface area contributed by atoms with E-state index in [0.717, 1.165) is 0 Å². The summed E-state index contributed by atoms with van der Waals surface area (Å²) in [6.07, 6.45) is 0. The van der Waals surface area contributed by atoms with Crippen LogP contribution in [0.3, 0.4) is 0 Å². The first kappa shape index (κ1) is 13.1. The molecule has 2 aromatic carbocycles. The van der Waals surface area contributed by atoms with Crippen LogP contribution in [0.1, 0.15) is 17.3 Å². The van der Waals surface area contributed by atoms with Crippen molar-refractivity contribution in [3.8, 4) is 11.5 Å². The second-order valence-electron chi connectivity index (χ2n) is 3.72. The van der Waals surface area contributed by atoms with E-state index < -0.39 is 5.97 Å². The van der Waals surface area contributed by atoms with Crippen LogP contribution in [-0.2, 0) is 4.89 Å². The maximum Gasteiger partial charge on any atom is 0.343 e. The van der Waals surface area contributed by atoms with Crippen LogP contribution in [0.4, 0.5) is 0 Å². The molecule has 2 aromatic rings. The molecule has 0 heterocycles. The highest BCUT2D eigenvalue weighted by molar-refractivity contribution is 5.90. The van der Waals surface area contributed by atoms with Gasteiger partial charge in [-0.3, -0.25) is 0 Å². The predicted octanol–water partition coefficient (Wildman–Crippen LogP) is 3.24. The lowest BCUT2D eigenvalue weighted by molar-refractivity contribution is -0.202. The lowest BCUT2D eigenvalue weighted by Crippen LogP contribution is -2.08. The van der Waals surface area contributed by atoms with E-state index in [1.165, 1.54) is 0 Å². The van der Waals surface area contributed by atoms with Crippen LogP contribution in [0.15, 0.2) is 54.6 Å². The molecule has 0 aliphatic carbocycles. The van der Waals surface area contributed by atoms with Crippen molar-refractivity contribution in [2.75, 3.05) is 6.61 Å². The Bertz CT molecular complexity index is 537. The molecule has 98 valence electrons. The molecular formula is C15H14O4. The number of carbonyl (C=O) groups is 1. The van der Waals surface area contributed by atoms with Crippen LogP contribution < -0.4 is 9.62 Å². The Morgan fingerprint density at radius 1 is 1.00 bits per heavy atom. The Balaban J connectivity index is 2.05. The van der Waals surface area contributed by atoms with Gasteiger partial charge in [-0.25, -0.2) is 4.79 Å². The summed E-state index contributed by atoms with van der Waals surface area (Å²) in [4.78, 5) is 21.7. The molecule has 4 nitrogen and oxygen atoms in total. The van der Waals surface area contributed by atoms with Crippen molar-refractivity contribution in [2.24, 2.45) is 0 Å². The first-order valence-electron chi connectivity index (χ1n) is 5.96. The van der Waals surface area contributed by atoms with Crippen LogP contribution >= 0.6 is 0 Å². The van der Waals surface area contributed by atoms with Gasteiger partial charge in [0.25, 0.3) is 0 Å². The lowest BCUT2D eigenvalue weighted by Gasteiger charge is -2.06. The molecule has 2 rings (SSSR count). The topological polar surface area (TPSA) is 44.8 Å². The highest BCUT2D eigenvalue weighted by atomic mass is 17.2. The van der Waals surface area contributed by atoms with E-state index in [1.54, 1.807) is 48.5 Å². The minimum atomic E-state index is -0.408. The largest absolute Gasteiger partial charge is 0.423 e.